The third-order valence-electron chi connectivity index (χ3n) is 4.75. The van der Waals surface area contributed by atoms with Gasteiger partial charge in [-0.1, -0.05) is 30.3 Å². The molecule has 0 saturated heterocycles. The van der Waals surface area contributed by atoms with E-state index in [1.54, 1.807) is 6.07 Å². The Morgan fingerprint density at radius 1 is 1.00 bits per heavy atom. The molecule has 0 aliphatic rings. The maximum atomic E-state index is 13.9. The van der Waals surface area contributed by atoms with Crippen LogP contribution >= 0.6 is 12.4 Å². The summed E-state index contributed by atoms with van der Waals surface area (Å²) >= 11 is 0. The number of ether oxygens (including phenoxy) is 1. The molecule has 0 spiro atoms. The fourth-order valence-corrected chi connectivity index (χ4v) is 3.13. The van der Waals surface area contributed by atoms with Crippen LogP contribution in [0, 0.1) is 11.6 Å². The minimum Gasteiger partial charge on any atom is -0.488 e. The van der Waals surface area contributed by atoms with Gasteiger partial charge in [0.1, 0.15) is 29.5 Å². The zero-order chi connectivity index (χ0) is 20.9. The average molecular weight is 446 g/mol. The van der Waals surface area contributed by atoms with E-state index in [1.165, 1.54) is 12.1 Å². The van der Waals surface area contributed by atoms with E-state index in [4.69, 9.17) is 14.9 Å². The van der Waals surface area contributed by atoms with E-state index in [2.05, 4.69) is 10.3 Å². The standard InChI is InChI=1S/C23H21F2N3O2.ClH/c24-17-10-9-16(18(25)11-17)14-29-21-7-3-1-5-15(21)13-27-20(12-26)23-28-19-6-2-4-8-22(19)30-23;/h1-11,20,27H,12-14,26H2;1H. The summed E-state index contributed by atoms with van der Waals surface area (Å²) in [6.45, 7) is 0.744. The lowest BCUT2D eigenvalue weighted by Gasteiger charge is -2.16. The Kier molecular flexibility index (Phi) is 7.57. The SMILES string of the molecule is Cl.NCC(NCc1ccccc1OCc1ccc(F)cc1F)c1nc2ccccc2o1. The maximum Gasteiger partial charge on any atom is 0.213 e. The number of hydrogen-bond acceptors (Lipinski definition) is 5. The van der Waals surface area contributed by atoms with Crippen molar-refractivity contribution in [2.24, 2.45) is 5.73 Å². The molecule has 0 saturated carbocycles. The first-order chi connectivity index (χ1) is 14.6. The number of rotatable bonds is 8. The van der Waals surface area contributed by atoms with E-state index >= 15 is 0 Å². The van der Waals surface area contributed by atoms with Crippen molar-refractivity contribution < 1.29 is 17.9 Å². The predicted octanol–water partition coefficient (Wildman–Crippen LogP) is 4.90. The first kappa shape index (κ1) is 22.7. The van der Waals surface area contributed by atoms with E-state index < -0.39 is 11.6 Å². The summed E-state index contributed by atoms with van der Waals surface area (Å²) in [4.78, 5) is 4.50. The molecule has 4 aromatic rings. The van der Waals surface area contributed by atoms with Crippen LogP contribution in [-0.4, -0.2) is 11.5 Å². The molecule has 0 radical (unpaired) electrons. The van der Waals surface area contributed by atoms with E-state index in [0.717, 1.165) is 17.1 Å². The number of para-hydroxylation sites is 3. The monoisotopic (exact) mass is 445 g/mol. The smallest absolute Gasteiger partial charge is 0.213 e. The van der Waals surface area contributed by atoms with Crippen LogP contribution in [-0.2, 0) is 13.2 Å². The van der Waals surface area contributed by atoms with Crippen molar-refractivity contribution in [3.8, 4) is 5.75 Å². The minimum absolute atomic E-state index is 0. The fraction of sp³-hybridized carbons (Fsp3) is 0.174. The number of fused-ring (bicyclic) bond motifs is 1. The zero-order valence-corrected chi connectivity index (χ0v) is 17.4. The number of oxazole rings is 1. The topological polar surface area (TPSA) is 73.3 Å². The Hall–Kier alpha value is -3.00. The second-order valence-corrected chi connectivity index (χ2v) is 6.82. The first-order valence-corrected chi connectivity index (χ1v) is 9.57. The van der Waals surface area contributed by atoms with Crippen molar-refractivity contribution >= 4 is 23.5 Å². The Balaban J connectivity index is 0.00000272. The maximum absolute atomic E-state index is 13.9. The van der Waals surface area contributed by atoms with Crippen molar-refractivity contribution in [1.29, 1.82) is 0 Å². The zero-order valence-electron chi connectivity index (χ0n) is 16.6. The molecule has 5 nitrogen and oxygen atoms in total. The van der Waals surface area contributed by atoms with Crippen LogP contribution in [0.15, 0.2) is 71.1 Å². The van der Waals surface area contributed by atoms with Crippen molar-refractivity contribution in [3.05, 3.63) is 95.4 Å². The molecule has 1 aromatic heterocycles. The Labute approximate surface area is 184 Å². The van der Waals surface area contributed by atoms with E-state index in [9.17, 15) is 8.78 Å². The van der Waals surface area contributed by atoms with Gasteiger partial charge in [0.05, 0.1) is 6.04 Å². The number of benzene rings is 3. The van der Waals surface area contributed by atoms with Gasteiger partial charge in [0, 0.05) is 30.3 Å². The average Bonchev–Trinajstić information content (AvgIpc) is 3.18. The van der Waals surface area contributed by atoms with Crippen molar-refractivity contribution in [2.75, 3.05) is 6.54 Å². The largest absolute Gasteiger partial charge is 0.488 e. The number of nitrogens with two attached hydrogens (primary N) is 1. The quantitative estimate of drug-likeness (QED) is 0.403. The molecule has 0 aliphatic carbocycles. The van der Waals surface area contributed by atoms with Crippen molar-refractivity contribution in [3.63, 3.8) is 0 Å². The molecule has 0 bridgehead atoms. The summed E-state index contributed by atoms with van der Waals surface area (Å²) in [6.07, 6.45) is 0. The van der Waals surface area contributed by atoms with Crippen molar-refractivity contribution in [2.45, 2.75) is 19.2 Å². The van der Waals surface area contributed by atoms with Crippen LogP contribution in [0.1, 0.15) is 23.1 Å². The van der Waals surface area contributed by atoms with Crippen LogP contribution in [0.5, 0.6) is 5.75 Å². The van der Waals surface area contributed by atoms with Gasteiger partial charge < -0.3 is 20.2 Å². The van der Waals surface area contributed by atoms with Crippen LogP contribution in [0.2, 0.25) is 0 Å². The van der Waals surface area contributed by atoms with E-state index in [1.807, 2.05) is 42.5 Å². The summed E-state index contributed by atoms with van der Waals surface area (Å²) in [5.41, 5.74) is 8.56. The highest BCUT2D eigenvalue weighted by Gasteiger charge is 2.17. The third-order valence-corrected chi connectivity index (χ3v) is 4.75. The highest BCUT2D eigenvalue weighted by atomic mass is 35.5. The lowest BCUT2D eigenvalue weighted by molar-refractivity contribution is 0.294. The van der Waals surface area contributed by atoms with Gasteiger partial charge in [0.15, 0.2) is 5.58 Å². The molecule has 31 heavy (non-hydrogen) atoms. The molecule has 3 N–H and O–H groups in total. The van der Waals surface area contributed by atoms with Crippen LogP contribution < -0.4 is 15.8 Å². The van der Waals surface area contributed by atoms with Gasteiger partial charge in [-0.3, -0.25) is 0 Å². The van der Waals surface area contributed by atoms with Gasteiger partial charge in [-0.2, -0.15) is 0 Å². The highest BCUT2D eigenvalue weighted by molar-refractivity contribution is 5.85. The van der Waals surface area contributed by atoms with Crippen LogP contribution in [0.25, 0.3) is 11.1 Å². The van der Waals surface area contributed by atoms with Gasteiger partial charge in [0.25, 0.3) is 0 Å². The molecule has 1 unspecified atom stereocenters. The number of hydrogen-bond donors (Lipinski definition) is 2. The minimum atomic E-state index is -0.634. The fourth-order valence-electron chi connectivity index (χ4n) is 3.13. The first-order valence-electron chi connectivity index (χ1n) is 9.57. The molecule has 0 aliphatic heterocycles. The molecule has 0 amide bonds. The third kappa shape index (κ3) is 5.38. The normalized spacial score (nSPS) is 11.8. The molecule has 0 fully saturated rings. The van der Waals surface area contributed by atoms with E-state index in [0.29, 0.717) is 30.3 Å². The van der Waals surface area contributed by atoms with Crippen LogP contribution in [0.4, 0.5) is 8.78 Å². The summed E-state index contributed by atoms with van der Waals surface area (Å²) in [5.74, 6) is -0.134. The summed E-state index contributed by atoms with van der Waals surface area (Å²) in [7, 11) is 0. The highest BCUT2D eigenvalue weighted by Crippen LogP contribution is 2.23. The Morgan fingerprint density at radius 3 is 2.55 bits per heavy atom. The lowest BCUT2D eigenvalue weighted by Crippen LogP contribution is -2.28. The molecule has 3 aromatic carbocycles. The predicted molar refractivity (Wildman–Crippen MR) is 117 cm³/mol. The molecular weight excluding hydrogens is 424 g/mol. The second-order valence-electron chi connectivity index (χ2n) is 6.82. The molecule has 162 valence electrons. The second kappa shape index (κ2) is 10.3. The Bertz CT molecular complexity index is 1120. The molecule has 4 rings (SSSR count). The van der Waals surface area contributed by atoms with Gasteiger partial charge in [-0.15, -0.1) is 12.4 Å². The van der Waals surface area contributed by atoms with Crippen LogP contribution in [0.3, 0.4) is 0 Å². The summed E-state index contributed by atoms with van der Waals surface area (Å²) in [5, 5.41) is 3.34. The number of halogens is 3. The van der Waals surface area contributed by atoms with Gasteiger partial charge in [0.2, 0.25) is 5.89 Å². The van der Waals surface area contributed by atoms with Gasteiger partial charge in [-0.25, -0.2) is 13.8 Å². The summed E-state index contributed by atoms with van der Waals surface area (Å²) in [6, 6.07) is 18.1. The van der Waals surface area contributed by atoms with Gasteiger partial charge >= 0.3 is 0 Å². The summed E-state index contributed by atoms with van der Waals surface area (Å²) < 4.78 is 38.5. The van der Waals surface area contributed by atoms with Crippen molar-refractivity contribution in [1.82, 2.24) is 10.3 Å². The number of nitrogens with zero attached hydrogens (tertiary/aromatic N) is 1. The molecule has 1 heterocycles. The van der Waals surface area contributed by atoms with Gasteiger partial charge in [-0.05, 0) is 30.3 Å². The molecular formula is C23H22ClF2N3O2. The molecule has 1 atom stereocenters. The van der Waals surface area contributed by atoms with E-state index in [-0.39, 0.29) is 30.6 Å². The molecule has 8 heteroatoms. The number of nitrogens with one attached hydrogen (secondary N) is 1. The Morgan fingerprint density at radius 2 is 1.77 bits per heavy atom. The lowest BCUT2D eigenvalue weighted by atomic mass is 10.1. The number of aromatic nitrogens is 1.